The molecule has 128 valence electrons. The average Bonchev–Trinajstić information content (AvgIpc) is 3.07. The monoisotopic (exact) mass is 334 g/mol. The molecule has 1 amide bonds. The van der Waals surface area contributed by atoms with E-state index in [1.54, 1.807) is 0 Å². The molecule has 9 heteroatoms. The first kappa shape index (κ1) is 17.6. The summed E-state index contributed by atoms with van der Waals surface area (Å²) in [5.41, 5.74) is 0.554. The molecule has 2 unspecified atom stereocenters. The van der Waals surface area contributed by atoms with Gasteiger partial charge in [0.1, 0.15) is 11.8 Å². The van der Waals surface area contributed by atoms with E-state index in [0.717, 1.165) is 0 Å². The van der Waals surface area contributed by atoms with Gasteiger partial charge in [-0.3, -0.25) is 19.6 Å². The van der Waals surface area contributed by atoms with Crippen LogP contribution >= 0.6 is 0 Å². The number of aromatic nitrogens is 2. The molecule has 24 heavy (non-hydrogen) atoms. The van der Waals surface area contributed by atoms with Gasteiger partial charge in [-0.2, -0.15) is 5.10 Å². The summed E-state index contributed by atoms with van der Waals surface area (Å²) < 4.78 is 1.49. The Labute approximate surface area is 137 Å². The average molecular weight is 334 g/mol. The maximum atomic E-state index is 12.3. The van der Waals surface area contributed by atoms with Crippen LogP contribution < -0.4 is 5.32 Å². The zero-order valence-corrected chi connectivity index (χ0v) is 13.0. The number of nitrogens with one attached hydrogen (secondary N) is 1. The zero-order chi connectivity index (χ0) is 17.7. The molecule has 0 radical (unpaired) electrons. The fourth-order valence-corrected chi connectivity index (χ4v) is 2.27. The van der Waals surface area contributed by atoms with E-state index in [-0.39, 0.29) is 5.69 Å². The molecule has 0 spiro atoms. The Kier molecular flexibility index (Phi) is 5.61. The van der Waals surface area contributed by atoms with Crippen LogP contribution in [0.5, 0.6) is 0 Å². The van der Waals surface area contributed by atoms with Crippen molar-refractivity contribution in [2.45, 2.75) is 25.6 Å². The van der Waals surface area contributed by atoms with E-state index in [4.69, 9.17) is 0 Å². The molecule has 0 aliphatic rings. The number of hydrogen-bond acceptors (Lipinski definition) is 6. The molecule has 0 aliphatic heterocycles. The van der Waals surface area contributed by atoms with Gasteiger partial charge in [-0.15, -0.1) is 0 Å². The summed E-state index contributed by atoms with van der Waals surface area (Å²) in [6, 6.07) is 5.84. The molecule has 2 rings (SSSR count). The largest absolute Gasteiger partial charge is 0.394 e. The number of hydrogen-bond donors (Lipinski definition) is 3. The van der Waals surface area contributed by atoms with Crippen LogP contribution in [0.4, 0.5) is 5.69 Å². The highest BCUT2D eigenvalue weighted by atomic mass is 16.6. The van der Waals surface area contributed by atoms with E-state index in [0.29, 0.717) is 17.8 Å². The van der Waals surface area contributed by atoms with Crippen LogP contribution in [0.15, 0.2) is 36.5 Å². The van der Waals surface area contributed by atoms with Crippen LogP contribution in [0, 0.1) is 10.1 Å². The summed E-state index contributed by atoms with van der Waals surface area (Å²) in [6.07, 6.45) is 0.275. The Balaban J connectivity index is 2.12. The van der Waals surface area contributed by atoms with Gasteiger partial charge in [0.15, 0.2) is 0 Å². The molecule has 1 heterocycles. The van der Waals surface area contributed by atoms with Crippen molar-refractivity contribution in [3.05, 3.63) is 57.9 Å². The summed E-state index contributed by atoms with van der Waals surface area (Å²) in [5, 5.41) is 37.0. The Morgan fingerprint density at radius 3 is 2.58 bits per heavy atom. The Morgan fingerprint density at radius 1 is 1.38 bits per heavy atom. The third kappa shape index (κ3) is 3.76. The second-order valence-electron chi connectivity index (χ2n) is 5.09. The maximum Gasteiger partial charge on any atom is 0.269 e. The number of amides is 1. The summed E-state index contributed by atoms with van der Waals surface area (Å²) in [7, 11) is 0. The van der Waals surface area contributed by atoms with Crippen LogP contribution in [0.3, 0.4) is 0 Å². The number of nitrogens with zero attached hydrogens (tertiary/aromatic N) is 3. The molecule has 0 aliphatic carbocycles. The van der Waals surface area contributed by atoms with Gasteiger partial charge in [-0.05, 0) is 30.7 Å². The molecule has 2 atom stereocenters. The number of aryl methyl sites for hydroxylation is 1. The number of aliphatic hydroxyl groups excluding tert-OH is 2. The van der Waals surface area contributed by atoms with Crippen molar-refractivity contribution in [2.24, 2.45) is 0 Å². The van der Waals surface area contributed by atoms with Crippen molar-refractivity contribution in [3.63, 3.8) is 0 Å². The van der Waals surface area contributed by atoms with Gasteiger partial charge in [0.25, 0.3) is 11.6 Å². The third-order valence-corrected chi connectivity index (χ3v) is 3.59. The van der Waals surface area contributed by atoms with Crippen LogP contribution in [0.25, 0.3) is 0 Å². The van der Waals surface area contributed by atoms with Crippen LogP contribution in [0.1, 0.15) is 29.1 Å². The minimum Gasteiger partial charge on any atom is -0.394 e. The van der Waals surface area contributed by atoms with E-state index >= 15 is 0 Å². The van der Waals surface area contributed by atoms with Gasteiger partial charge in [0.05, 0.1) is 17.6 Å². The highest BCUT2D eigenvalue weighted by Gasteiger charge is 2.24. The van der Waals surface area contributed by atoms with Crippen LogP contribution in [-0.4, -0.2) is 43.5 Å². The van der Waals surface area contributed by atoms with Crippen molar-refractivity contribution < 1.29 is 19.9 Å². The van der Waals surface area contributed by atoms with Crippen molar-refractivity contribution in [3.8, 4) is 0 Å². The standard InChI is InChI=1S/C15H18N4O5/c1-2-18-13(7-8-16-18)15(22)17-12(9-20)14(21)10-3-5-11(6-4-10)19(23)24/h3-8,12,14,20-21H,2,9H2,1H3,(H,17,22). The molecule has 2 aromatic rings. The molecule has 1 aromatic heterocycles. The quantitative estimate of drug-likeness (QED) is 0.503. The fraction of sp³-hybridized carbons (Fsp3) is 0.333. The number of non-ortho nitro benzene ring substituents is 1. The molecule has 0 bridgehead atoms. The molecule has 0 saturated carbocycles. The lowest BCUT2D eigenvalue weighted by Gasteiger charge is -2.22. The predicted molar refractivity (Wildman–Crippen MR) is 84.3 cm³/mol. The lowest BCUT2D eigenvalue weighted by Crippen LogP contribution is -2.42. The Bertz CT molecular complexity index is 713. The molecule has 9 nitrogen and oxygen atoms in total. The van der Waals surface area contributed by atoms with Gasteiger partial charge < -0.3 is 15.5 Å². The number of aliphatic hydroxyl groups is 2. The molecule has 0 saturated heterocycles. The lowest BCUT2D eigenvalue weighted by atomic mass is 10.0. The topological polar surface area (TPSA) is 131 Å². The van der Waals surface area contributed by atoms with E-state index in [9.17, 15) is 25.1 Å². The zero-order valence-electron chi connectivity index (χ0n) is 13.0. The number of carbonyl (C=O) groups is 1. The minimum atomic E-state index is -1.21. The normalized spacial score (nSPS) is 13.3. The van der Waals surface area contributed by atoms with E-state index in [1.807, 2.05) is 6.92 Å². The van der Waals surface area contributed by atoms with Gasteiger partial charge in [-0.25, -0.2) is 0 Å². The van der Waals surface area contributed by atoms with E-state index < -0.39 is 29.6 Å². The Hall–Kier alpha value is -2.78. The highest BCUT2D eigenvalue weighted by Crippen LogP contribution is 2.20. The van der Waals surface area contributed by atoms with Gasteiger partial charge in [0.2, 0.25) is 0 Å². The number of nitro groups is 1. The molecule has 1 aromatic carbocycles. The summed E-state index contributed by atoms with van der Waals surface area (Å²) in [4.78, 5) is 22.3. The first-order chi connectivity index (χ1) is 11.5. The molecule has 0 fully saturated rings. The SMILES string of the molecule is CCn1nccc1C(=O)NC(CO)C(O)c1ccc([N+](=O)[O-])cc1. The van der Waals surface area contributed by atoms with Gasteiger partial charge in [-0.1, -0.05) is 0 Å². The van der Waals surface area contributed by atoms with E-state index in [2.05, 4.69) is 10.4 Å². The van der Waals surface area contributed by atoms with Crippen molar-refractivity contribution in [1.29, 1.82) is 0 Å². The lowest BCUT2D eigenvalue weighted by molar-refractivity contribution is -0.384. The Morgan fingerprint density at radius 2 is 2.04 bits per heavy atom. The number of carbonyl (C=O) groups excluding carboxylic acids is 1. The first-order valence-electron chi connectivity index (χ1n) is 7.33. The fourth-order valence-electron chi connectivity index (χ4n) is 2.27. The predicted octanol–water partition coefficient (Wildman–Crippen LogP) is 0.636. The van der Waals surface area contributed by atoms with E-state index in [1.165, 1.54) is 41.2 Å². The third-order valence-electron chi connectivity index (χ3n) is 3.59. The van der Waals surface area contributed by atoms with Crippen molar-refractivity contribution in [2.75, 3.05) is 6.61 Å². The number of benzene rings is 1. The molecular formula is C15H18N4O5. The van der Waals surface area contributed by atoms with Gasteiger partial charge in [0, 0.05) is 24.9 Å². The van der Waals surface area contributed by atoms with Gasteiger partial charge >= 0.3 is 0 Å². The summed E-state index contributed by atoms with van der Waals surface area (Å²) in [6.45, 7) is 1.84. The minimum absolute atomic E-state index is 0.109. The smallest absolute Gasteiger partial charge is 0.269 e. The maximum absolute atomic E-state index is 12.3. The molecule has 3 N–H and O–H groups in total. The van der Waals surface area contributed by atoms with Crippen molar-refractivity contribution in [1.82, 2.24) is 15.1 Å². The number of nitro benzene ring substituents is 1. The van der Waals surface area contributed by atoms with Crippen LogP contribution in [-0.2, 0) is 6.54 Å². The number of rotatable bonds is 7. The van der Waals surface area contributed by atoms with Crippen molar-refractivity contribution >= 4 is 11.6 Å². The second kappa shape index (κ2) is 7.66. The second-order valence-corrected chi connectivity index (χ2v) is 5.09. The first-order valence-corrected chi connectivity index (χ1v) is 7.33. The van der Waals surface area contributed by atoms with Crippen LogP contribution in [0.2, 0.25) is 0 Å². The summed E-state index contributed by atoms with van der Waals surface area (Å²) >= 11 is 0. The summed E-state index contributed by atoms with van der Waals surface area (Å²) in [5.74, 6) is -0.477. The molecular weight excluding hydrogens is 316 g/mol. The highest BCUT2D eigenvalue weighted by molar-refractivity contribution is 5.92.